The Kier molecular flexibility index (Phi) is 6.57. The zero-order valence-electron chi connectivity index (χ0n) is 18.9. The third-order valence-corrected chi connectivity index (χ3v) is 5.44. The van der Waals surface area contributed by atoms with E-state index < -0.39 is 16.4 Å². The molecule has 0 aliphatic heterocycles. The van der Waals surface area contributed by atoms with Crippen molar-refractivity contribution in [1.82, 2.24) is 4.72 Å². The molecular weight excluding hydrogens is 402 g/mol. The van der Waals surface area contributed by atoms with Gasteiger partial charge in [-0.25, -0.2) is 4.79 Å². The van der Waals surface area contributed by atoms with Gasteiger partial charge in [-0.15, -0.1) is 0 Å². The van der Waals surface area contributed by atoms with Gasteiger partial charge in [-0.3, -0.25) is 0 Å². The molecule has 0 aromatic heterocycles. The SMILES string of the molecule is Cc1cccc(C)c1OS(=O)(=O)NC(=O)Oc1c(C(C)(C)C)cccc1C(C)(C)C. The number of benzene rings is 2. The van der Waals surface area contributed by atoms with E-state index in [1.807, 2.05) is 64.5 Å². The summed E-state index contributed by atoms with van der Waals surface area (Å²) < 4.78 is 37.4. The minimum atomic E-state index is -4.42. The van der Waals surface area contributed by atoms with Crippen LogP contribution in [0.5, 0.6) is 11.5 Å². The molecule has 30 heavy (non-hydrogen) atoms. The Bertz CT molecular complexity index is 992. The van der Waals surface area contributed by atoms with Gasteiger partial charge in [0.05, 0.1) is 0 Å². The molecule has 1 amide bonds. The summed E-state index contributed by atoms with van der Waals surface area (Å²) in [5.41, 5.74) is 2.26. The normalized spacial score (nSPS) is 12.4. The number of hydrogen-bond donors (Lipinski definition) is 1. The molecule has 0 radical (unpaired) electrons. The van der Waals surface area contributed by atoms with E-state index in [0.717, 1.165) is 11.1 Å². The minimum Gasteiger partial charge on any atom is -0.409 e. The van der Waals surface area contributed by atoms with Gasteiger partial charge in [0.2, 0.25) is 0 Å². The van der Waals surface area contributed by atoms with Crippen molar-refractivity contribution in [3.63, 3.8) is 0 Å². The van der Waals surface area contributed by atoms with Crippen LogP contribution in [0, 0.1) is 13.8 Å². The molecule has 0 saturated heterocycles. The van der Waals surface area contributed by atoms with E-state index in [1.165, 1.54) is 0 Å². The van der Waals surface area contributed by atoms with E-state index in [0.29, 0.717) is 16.9 Å². The van der Waals surface area contributed by atoms with Crippen molar-refractivity contribution in [2.75, 3.05) is 0 Å². The van der Waals surface area contributed by atoms with Crippen LogP contribution in [0.1, 0.15) is 63.8 Å². The summed E-state index contributed by atoms with van der Waals surface area (Å²) in [5.74, 6) is 0.542. The highest BCUT2D eigenvalue weighted by atomic mass is 32.2. The van der Waals surface area contributed by atoms with Gasteiger partial charge in [-0.1, -0.05) is 77.9 Å². The largest absolute Gasteiger partial charge is 0.429 e. The maximum Gasteiger partial charge on any atom is 0.429 e. The number of carbonyl (C=O) groups excluding carboxylic acids is 1. The molecule has 0 saturated carbocycles. The second kappa shape index (κ2) is 8.30. The maximum atomic E-state index is 12.6. The van der Waals surface area contributed by atoms with Crippen LogP contribution in [0.25, 0.3) is 0 Å². The van der Waals surface area contributed by atoms with Crippen molar-refractivity contribution < 1.29 is 22.1 Å². The van der Waals surface area contributed by atoms with Crippen LogP contribution in [0.3, 0.4) is 0 Å². The smallest absolute Gasteiger partial charge is 0.409 e. The number of aryl methyl sites for hydroxylation is 2. The van der Waals surface area contributed by atoms with E-state index in [-0.39, 0.29) is 16.6 Å². The number of para-hydroxylation sites is 2. The average Bonchev–Trinajstić information content (AvgIpc) is 2.56. The van der Waals surface area contributed by atoms with Gasteiger partial charge in [0, 0.05) is 11.1 Å². The summed E-state index contributed by atoms with van der Waals surface area (Å²) in [6.45, 7) is 15.5. The molecule has 0 spiro atoms. The second-order valence-electron chi connectivity index (χ2n) is 9.43. The number of ether oxygens (including phenoxy) is 1. The zero-order valence-corrected chi connectivity index (χ0v) is 19.7. The van der Waals surface area contributed by atoms with Crippen LogP contribution < -0.4 is 13.6 Å². The van der Waals surface area contributed by atoms with Gasteiger partial charge in [0.15, 0.2) is 0 Å². The van der Waals surface area contributed by atoms with Gasteiger partial charge in [-0.2, -0.15) is 13.1 Å². The van der Waals surface area contributed by atoms with Gasteiger partial charge in [-0.05, 0) is 35.8 Å². The maximum absolute atomic E-state index is 12.6. The summed E-state index contributed by atoms with van der Waals surface area (Å²) in [5, 5.41) is 0. The number of hydrogen-bond acceptors (Lipinski definition) is 5. The van der Waals surface area contributed by atoms with Crippen molar-refractivity contribution in [2.45, 2.75) is 66.2 Å². The lowest BCUT2D eigenvalue weighted by molar-refractivity contribution is 0.204. The van der Waals surface area contributed by atoms with Crippen LogP contribution in [0.2, 0.25) is 0 Å². The molecule has 1 N–H and O–H groups in total. The summed E-state index contributed by atoms with van der Waals surface area (Å²) in [6.07, 6.45) is -1.12. The van der Waals surface area contributed by atoms with Gasteiger partial charge in [0.1, 0.15) is 11.5 Å². The molecule has 164 valence electrons. The predicted molar refractivity (Wildman–Crippen MR) is 118 cm³/mol. The fourth-order valence-electron chi connectivity index (χ4n) is 3.10. The fourth-order valence-corrected chi connectivity index (χ4v) is 3.87. The molecular formula is C23H31NO5S. The van der Waals surface area contributed by atoms with Gasteiger partial charge < -0.3 is 8.92 Å². The van der Waals surface area contributed by atoms with Crippen molar-refractivity contribution in [2.24, 2.45) is 0 Å². The molecule has 6 nitrogen and oxygen atoms in total. The van der Waals surface area contributed by atoms with Gasteiger partial charge in [0.25, 0.3) is 0 Å². The molecule has 0 heterocycles. The average molecular weight is 434 g/mol. The molecule has 0 aliphatic rings. The summed E-state index contributed by atoms with van der Waals surface area (Å²) in [4.78, 5) is 12.6. The quantitative estimate of drug-likeness (QED) is 0.706. The highest BCUT2D eigenvalue weighted by molar-refractivity contribution is 7.85. The zero-order chi connectivity index (χ0) is 22.9. The Morgan fingerprint density at radius 2 is 1.23 bits per heavy atom. The standard InChI is InChI=1S/C23H31NO5S/c1-15-11-9-12-16(2)19(15)29-30(26,27)24-21(25)28-20-17(22(3,4)5)13-10-14-18(20)23(6,7)8/h9-14H,1-8H3,(H,24,25). The van der Waals surface area contributed by atoms with Crippen molar-refractivity contribution in [3.05, 3.63) is 58.7 Å². The van der Waals surface area contributed by atoms with Crippen LogP contribution >= 0.6 is 0 Å². The Balaban J connectivity index is 2.34. The van der Waals surface area contributed by atoms with E-state index in [2.05, 4.69) is 0 Å². The van der Waals surface area contributed by atoms with Gasteiger partial charge >= 0.3 is 16.4 Å². The van der Waals surface area contributed by atoms with Crippen LogP contribution in [-0.4, -0.2) is 14.5 Å². The lowest BCUT2D eigenvalue weighted by atomic mass is 9.79. The summed E-state index contributed by atoms with van der Waals surface area (Å²) in [6, 6.07) is 10.9. The number of amides is 1. The number of rotatable bonds is 4. The predicted octanol–water partition coefficient (Wildman–Crippen LogP) is 5.31. The summed E-state index contributed by atoms with van der Waals surface area (Å²) in [7, 11) is -4.42. The second-order valence-corrected chi connectivity index (χ2v) is 10.7. The molecule has 2 rings (SSSR count). The third-order valence-electron chi connectivity index (χ3n) is 4.64. The molecule has 0 unspecified atom stereocenters. The highest BCUT2D eigenvalue weighted by Crippen LogP contribution is 2.39. The third kappa shape index (κ3) is 5.75. The van der Waals surface area contributed by atoms with E-state index in [1.54, 1.807) is 32.0 Å². The van der Waals surface area contributed by atoms with Crippen molar-refractivity contribution in [1.29, 1.82) is 0 Å². The number of nitrogens with one attached hydrogen (secondary N) is 1. The Morgan fingerprint density at radius 3 is 1.67 bits per heavy atom. The first-order valence-corrected chi connectivity index (χ1v) is 11.2. The molecule has 0 bridgehead atoms. The molecule has 0 atom stereocenters. The van der Waals surface area contributed by atoms with E-state index in [9.17, 15) is 13.2 Å². The molecule has 0 fully saturated rings. The van der Waals surface area contributed by atoms with E-state index in [4.69, 9.17) is 8.92 Å². The molecule has 2 aromatic carbocycles. The molecule has 7 heteroatoms. The topological polar surface area (TPSA) is 81.7 Å². The van der Waals surface area contributed by atoms with Crippen LogP contribution in [-0.2, 0) is 21.1 Å². The van der Waals surface area contributed by atoms with Crippen molar-refractivity contribution in [3.8, 4) is 11.5 Å². The minimum absolute atomic E-state index is 0.184. The Labute approximate surface area is 179 Å². The fraction of sp³-hybridized carbons (Fsp3) is 0.435. The highest BCUT2D eigenvalue weighted by Gasteiger charge is 2.29. The molecule has 2 aromatic rings. The van der Waals surface area contributed by atoms with Crippen molar-refractivity contribution >= 4 is 16.4 Å². The Morgan fingerprint density at radius 1 is 0.800 bits per heavy atom. The van der Waals surface area contributed by atoms with Crippen LogP contribution in [0.15, 0.2) is 36.4 Å². The monoisotopic (exact) mass is 433 g/mol. The Hall–Kier alpha value is -2.54. The number of carbonyl (C=O) groups is 1. The van der Waals surface area contributed by atoms with E-state index >= 15 is 0 Å². The van der Waals surface area contributed by atoms with Crippen LogP contribution in [0.4, 0.5) is 4.79 Å². The lowest BCUT2D eigenvalue weighted by Gasteiger charge is -2.28. The molecule has 0 aliphatic carbocycles. The summed E-state index contributed by atoms with van der Waals surface area (Å²) >= 11 is 0. The first-order chi connectivity index (χ1) is 13.6. The lowest BCUT2D eigenvalue weighted by Crippen LogP contribution is -2.37. The first kappa shape index (κ1) is 23.7. The first-order valence-electron chi connectivity index (χ1n) is 9.76.